The summed E-state index contributed by atoms with van der Waals surface area (Å²) in [6.45, 7) is 10.2. The second-order valence-electron chi connectivity index (χ2n) is 6.66. The van der Waals surface area contributed by atoms with Crippen LogP contribution in [-0.2, 0) is 13.1 Å². The van der Waals surface area contributed by atoms with Crippen molar-refractivity contribution in [2.45, 2.75) is 72.5 Å². The van der Waals surface area contributed by atoms with Crippen LogP contribution in [-0.4, -0.2) is 20.8 Å². The van der Waals surface area contributed by atoms with E-state index in [1.807, 2.05) is 17.1 Å². The molecule has 2 rings (SSSR count). The van der Waals surface area contributed by atoms with Crippen LogP contribution in [0.2, 0.25) is 0 Å². The Morgan fingerprint density at radius 1 is 1.17 bits per heavy atom. The van der Waals surface area contributed by atoms with Crippen molar-refractivity contribution in [3.63, 3.8) is 0 Å². The molecule has 3 N–H and O–H groups in total. The molecule has 0 saturated carbocycles. The molecular weight excluding hydrogens is 286 g/mol. The van der Waals surface area contributed by atoms with Gasteiger partial charge in [-0.2, -0.15) is 5.10 Å². The Bertz CT molecular complexity index is 617. The Kier molecular flexibility index (Phi) is 6.39. The van der Waals surface area contributed by atoms with E-state index in [1.165, 1.54) is 25.7 Å². The van der Waals surface area contributed by atoms with Gasteiger partial charge >= 0.3 is 0 Å². The summed E-state index contributed by atoms with van der Waals surface area (Å²) in [5, 5.41) is 9.30. The minimum atomic E-state index is 0.475. The lowest BCUT2D eigenvalue weighted by molar-refractivity contribution is 0.493. The van der Waals surface area contributed by atoms with Gasteiger partial charge in [0, 0.05) is 30.9 Å². The van der Waals surface area contributed by atoms with E-state index in [9.17, 15) is 0 Å². The van der Waals surface area contributed by atoms with Gasteiger partial charge in [0.05, 0.1) is 17.3 Å². The van der Waals surface area contributed by atoms with Gasteiger partial charge in [-0.3, -0.25) is 0 Å². The second kappa shape index (κ2) is 8.29. The molecule has 23 heavy (non-hydrogen) atoms. The fourth-order valence-corrected chi connectivity index (χ4v) is 3.00. The molecule has 1 atom stereocenters. The minimum absolute atomic E-state index is 0.475. The van der Waals surface area contributed by atoms with Crippen molar-refractivity contribution in [2.24, 2.45) is 11.7 Å². The summed E-state index contributed by atoms with van der Waals surface area (Å²) in [5.74, 6) is 0.727. The highest BCUT2D eigenvalue weighted by molar-refractivity contribution is 5.90. The van der Waals surface area contributed by atoms with E-state index in [4.69, 9.17) is 5.73 Å². The number of anilines is 1. The van der Waals surface area contributed by atoms with Gasteiger partial charge in [-0.25, -0.2) is 9.67 Å². The summed E-state index contributed by atoms with van der Waals surface area (Å²) < 4.78 is 1.93. The SMILES string of the molecule is CCCC(CCC(C)C)Nc1c(CN)cnc2c1cnn2CC. The normalized spacial score (nSPS) is 13.0. The molecular formula is C18H31N5. The average molecular weight is 317 g/mol. The third-order valence-corrected chi connectivity index (χ3v) is 4.34. The number of aromatic nitrogens is 3. The molecule has 0 fully saturated rings. The molecule has 2 aromatic rings. The Balaban J connectivity index is 2.33. The summed E-state index contributed by atoms with van der Waals surface area (Å²) in [7, 11) is 0. The largest absolute Gasteiger partial charge is 0.381 e. The number of hydrogen-bond donors (Lipinski definition) is 2. The van der Waals surface area contributed by atoms with Crippen molar-refractivity contribution in [3.05, 3.63) is 18.0 Å². The highest BCUT2D eigenvalue weighted by Gasteiger charge is 2.16. The molecule has 5 heteroatoms. The molecule has 1 unspecified atom stereocenters. The fourth-order valence-electron chi connectivity index (χ4n) is 3.00. The van der Waals surface area contributed by atoms with Crippen LogP contribution in [0.15, 0.2) is 12.4 Å². The van der Waals surface area contributed by atoms with E-state index in [1.54, 1.807) is 0 Å². The quantitative estimate of drug-likeness (QED) is 0.735. The monoisotopic (exact) mass is 317 g/mol. The molecule has 0 radical (unpaired) electrons. The highest BCUT2D eigenvalue weighted by atomic mass is 15.3. The summed E-state index contributed by atoms with van der Waals surface area (Å²) in [6, 6.07) is 0.475. The van der Waals surface area contributed by atoms with Crippen LogP contribution in [0.1, 0.15) is 58.9 Å². The maximum atomic E-state index is 5.95. The predicted molar refractivity (Wildman–Crippen MR) is 97.5 cm³/mol. The molecule has 0 aliphatic heterocycles. The van der Waals surface area contributed by atoms with Crippen LogP contribution in [0.25, 0.3) is 11.0 Å². The highest BCUT2D eigenvalue weighted by Crippen LogP contribution is 2.28. The molecule has 128 valence electrons. The maximum absolute atomic E-state index is 5.95. The first kappa shape index (κ1) is 17.7. The molecule has 0 aliphatic rings. The van der Waals surface area contributed by atoms with Crippen molar-refractivity contribution in [3.8, 4) is 0 Å². The van der Waals surface area contributed by atoms with Crippen molar-refractivity contribution in [1.82, 2.24) is 14.8 Å². The van der Waals surface area contributed by atoms with Gasteiger partial charge in [0.2, 0.25) is 0 Å². The van der Waals surface area contributed by atoms with Gasteiger partial charge in [-0.1, -0.05) is 27.2 Å². The van der Waals surface area contributed by atoms with Crippen LogP contribution in [0.4, 0.5) is 5.69 Å². The Morgan fingerprint density at radius 2 is 1.96 bits per heavy atom. The zero-order chi connectivity index (χ0) is 16.8. The number of nitrogens with one attached hydrogen (secondary N) is 1. The standard InChI is InChI=1S/C18H31N5/c1-5-7-15(9-8-13(3)4)22-17-14(10-19)11-20-18-16(17)12-21-23(18)6-2/h11-13,15H,5-10,19H2,1-4H3,(H,20,22). The third kappa shape index (κ3) is 4.22. The lowest BCUT2D eigenvalue weighted by Gasteiger charge is -2.22. The Morgan fingerprint density at radius 3 is 2.57 bits per heavy atom. The zero-order valence-electron chi connectivity index (χ0n) is 15.0. The van der Waals surface area contributed by atoms with Gasteiger partial charge in [0.1, 0.15) is 0 Å². The minimum Gasteiger partial charge on any atom is -0.381 e. The molecule has 0 amide bonds. The van der Waals surface area contributed by atoms with Crippen LogP contribution in [0.3, 0.4) is 0 Å². The molecule has 0 aliphatic carbocycles. The van der Waals surface area contributed by atoms with Gasteiger partial charge in [0.25, 0.3) is 0 Å². The number of nitrogens with two attached hydrogens (primary N) is 1. The van der Waals surface area contributed by atoms with E-state index < -0.39 is 0 Å². The van der Waals surface area contributed by atoms with Gasteiger partial charge in [-0.15, -0.1) is 0 Å². The number of nitrogens with zero attached hydrogens (tertiary/aromatic N) is 3. The number of aryl methyl sites for hydroxylation is 1. The number of hydrogen-bond acceptors (Lipinski definition) is 4. The first-order chi connectivity index (χ1) is 11.1. The molecule has 2 heterocycles. The maximum Gasteiger partial charge on any atom is 0.159 e. The van der Waals surface area contributed by atoms with E-state index in [0.29, 0.717) is 12.6 Å². The van der Waals surface area contributed by atoms with Gasteiger partial charge in [-0.05, 0) is 32.1 Å². The molecule has 2 aromatic heterocycles. The summed E-state index contributed by atoms with van der Waals surface area (Å²) in [5.41, 5.74) is 9.07. The van der Waals surface area contributed by atoms with E-state index in [2.05, 4.69) is 43.1 Å². The summed E-state index contributed by atoms with van der Waals surface area (Å²) >= 11 is 0. The third-order valence-electron chi connectivity index (χ3n) is 4.34. The van der Waals surface area contributed by atoms with E-state index in [0.717, 1.165) is 34.7 Å². The van der Waals surface area contributed by atoms with Gasteiger partial charge < -0.3 is 11.1 Å². The number of pyridine rings is 1. The van der Waals surface area contributed by atoms with Crippen molar-refractivity contribution >= 4 is 16.7 Å². The van der Waals surface area contributed by atoms with Crippen molar-refractivity contribution in [2.75, 3.05) is 5.32 Å². The summed E-state index contributed by atoms with van der Waals surface area (Å²) in [6.07, 6.45) is 8.57. The average Bonchev–Trinajstić information content (AvgIpc) is 2.96. The zero-order valence-corrected chi connectivity index (χ0v) is 15.0. The van der Waals surface area contributed by atoms with Crippen LogP contribution >= 0.6 is 0 Å². The molecule has 0 saturated heterocycles. The van der Waals surface area contributed by atoms with E-state index in [-0.39, 0.29) is 0 Å². The smallest absolute Gasteiger partial charge is 0.159 e. The fraction of sp³-hybridized carbons (Fsp3) is 0.667. The first-order valence-electron chi connectivity index (χ1n) is 8.90. The van der Waals surface area contributed by atoms with Crippen LogP contribution in [0, 0.1) is 5.92 Å². The van der Waals surface area contributed by atoms with Crippen molar-refractivity contribution in [1.29, 1.82) is 0 Å². The molecule has 0 aromatic carbocycles. The number of rotatable bonds is 9. The lowest BCUT2D eigenvalue weighted by atomic mass is 9.99. The predicted octanol–water partition coefficient (Wildman–Crippen LogP) is 3.93. The molecule has 0 spiro atoms. The summed E-state index contributed by atoms with van der Waals surface area (Å²) in [4.78, 5) is 4.55. The first-order valence-corrected chi connectivity index (χ1v) is 8.90. The number of fused-ring (bicyclic) bond motifs is 1. The van der Waals surface area contributed by atoms with Crippen LogP contribution in [0.5, 0.6) is 0 Å². The topological polar surface area (TPSA) is 68.8 Å². The lowest BCUT2D eigenvalue weighted by Crippen LogP contribution is -2.21. The van der Waals surface area contributed by atoms with E-state index >= 15 is 0 Å². The van der Waals surface area contributed by atoms with Crippen molar-refractivity contribution < 1.29 is 0 Å². The van der Waals surface area contributed by atoms with Crippen LogP contribution < -0.4 is 11.1 Å². The molecule has 5 nitrogen and oxygen atoms in total. The molecule has 0 bridgehead atoms. The second-order valence-corrected chi connectivity index (χ2v) is 6.66. The Labute approximate surface area is 139 Å². The van der Waals surface area contributed by atoms with Gasteiger partial charge in [0.15, 0.2) is 5.65 Å². The Hall–Kier alpha value is -1.62.